The van der Waals surface area contributed by atoms with E-state index in [2.05, 4.69) is 0 Å². The Morgan fingerprint density at radius 3 is 2.56 bits per heavy atom. The molecule has 1 aromatic rings. The average molecular weight is 282 g/mol. The van der Waals surface area contributed by atoms with Crippen LogP contribution in [0.3, 0.4) is 0 Å². The summed E-state index contributed by atoms with van der Waals surface area (Å²) in [6, 6.07) is 2.61. The van der Waals surface area contributed by atoms with Gasteiger partial charge in [0, 0.05) is 0 Å². The van der Waals surface area contributed by atoms with E-state index in [1.54, 1.807) is 11.8 Å². The van der Waals surface area contributed by atoms with Crippen molar-refractivity contribution in [3.8, 4) is 0 Å². The Bertz CT molecular complexity index is 392. The maximum atomic E-state index is 13.0. The van der Waals surface area contributed by atoms with Gasteiger partial charge in [-0.2, -0.15) is 24.9 Å². The molecule has 0 aromatic heterocycles. The van der Waals surface area contributed by atoms with E-state index in [1.165, 1.54) is 6.07 Å². The lowest BCUT2D eigenvalue weighted by atomic mass is 10.0. The van der Waals surface area contributed by atoms with Crippen molar-refractivity contribution in [1.29, 1.82) is 0 Å². The van der Waals surface area contributed by atoms with E-state index in [0.29, 0.717) is 18.2 Å². The van der Waals surface area contributed by atoms with Crippen LogP contribution in [0, 0.1) is 5.82 Å². The molecule has 0 heterocycles. The van der Waals surface area contributed by atoms with Gasteiger partial charge in [0.15, 0.2) is 0 Å². The Morgan fingerprint density at radius 1 is 1.33 bits per heavy atom. The summed E-state index contributed by atoms with van der Waals surface area (Å²) in [5.74, 6) is 0.210. The molecule has 0 radical (unpaired) electrons. The minimum Gasteiger partial charge on any atom is -0.388 e. The first-order chi connectivity index (χ1) is 8.36. The van der Waals surface area contributed by atoms with Gasteiger partial charge in [0.25, 0.3) is 0 Å². The first-order valence-corrected chi connectivity index (χ1v) is 6.64. The van der Waals surface area contributed by atoms with Crippen molar-refractivity contribution in [2.24, 2.45) is 0 Å². The second-order valence-corrected chi connectivity index (χ2v) is 5.13. The molecule has 0 aliphatic carbocycles. The Balaban J connectivity index is 2.84. The number of aliphatic hydroxyl groups is 1. The zero-order valence-corrected chi connectivity index (χ0v) is 10.6. The molecule has 102 valence electrons. The van der Waals surface area contributed by atoms with Crippen LogP contribution < -0.4 is 0 Å². The van der Waals surface area contributed by atoms with Gasteiger partial charge in [-0.25, -0.2) is 4.39 Å². The van der Waals surface area contributed by atoms with E-state index >= 15 is 0 Å². The molecule has 1 atom stereocenters. The lowest BCUT2D eigenvalue weighted by molar-refractivity contribution is -0.140. The summed E-state index contributed by atoms with van der Waals surface area (Å²) < 4.78 is 50.4. The highest BCUT2D eigenvalue weighted by molar-refractivity contribution is 7.99. The first kappa shape index (κ1) is 15.3. The Labute approximate surface area is 107 Å². The van der Waals surface area contributed by atoms with Gasteiger partial charge in [0.1, 0.15) is 5.82 Å². The van der Waals surface area contributed by atoms with Crippen LogP contribution in [0.15, 0.2) is 18.2 Å². The van der Waals surface area contributed by atoms with Crippen LogP contribution in [0.1, 0.15) is 30.6 Å². The zero-order chi connectivity index (χ0) is 13.8. The van der Waals surface area contributed by atoms with Crippen molar-refractivity contribution < 1.29 is 22.7 Å². The van der Waals surface area contributed by atoms with Crippen LogP contribution in [0.25, 0.3) is 0 Å². The Hall–Kier alpha value is -0.750. The monoisotopic (exact) mass is 282 g/mol. The fourth-order valence-corrected chi connectivity index (χ4v) is 2.15. The molecule has 0 spiro atoms. The largest absolute Gasteiger partial charge is 0.419 e. The highest BCUT2D eigenvalue weighted by atomic mass is 32.2. The van der Waals surface area contributed by atoms with Crippen molar-refractivity contribution in [3.63, 3.8) is 0 Å². The number of hydrogen-bond acceptors (Lipinski definition) is 2. The molecule has 6 heteroatoms. The molecule has 1 unspecified atom stereocenters. The van der Waals surface area contributed by atoms with Crippen molar-refractivity contribution in [1.82, 2.24) is 0 Å². The number of aliphatic hydroxyl groups excluding tert-OH is 1. The van der Waals surface area contributed by atoms with Crippen LogP contribution >= 0.6 is 11.8 Å². The van der Waals surface area contributed by atoms with Gasteiger partial charge in [0.05, 0.1) is 11.7 Å². The lowest BCUT2D eigenvalue weighted by Gasteiger charge is -2.14. The second-order valence-electron chi connectivity index (χ2n) is 3.74. The summed E-state index contributed by atoms with van der Waals surface area (Å²) in [6.45, 7) is 1.96. The van der Waals surface area contributed by atoms with E-state index in [4.69, 9.17) is 0 Å². The third-order valence-corrected chi connectivity index (χ3v) is 3.35. The van der Waals surface area contributed by atoms with Crippen molar-refractivity contribution in [2.45, 2.75) is 25.6 Å². The summed E-state index contributed by atoms with van der Waals surface area (Å²) >= 11 is 1.59. The third-order valence-electron chi connectivity index (χ3n) is 2.42. The summed E-state index contributed by atoms with van der Waals surface area (Å²) in [5, 5.41) is 9.73. The summed E-state index contributed by atoms with van der Waals surface area (Å²) in [5.41, 5.74) is -1.23. The van der Waals surface area contributed by atoms with Crippen molar-refractivity contribution in [2.75, 3.05) is 11.5 Å². The second kappa shape index (κ2) is 6.43. The van der Waals surface area contributed by atoms with Gasteiger partial charge < -0.3 is 5.11 Å². The minimum absolute atomic E-state index is 0.0976. The molecule has 18 heavy (non-hydrogen) atoms. The highest BCUT2D eigenvalue weighted by Gasteiger charge is 2.34. The minimum atomic E-state index is -4.74. The molecular formula is C12H14F4OS. The van der Waals surface area contributed by atoms with E-state index in [-0.39, 0.29) is 5.56 Å². The normalized spacial score (nSPS) is 13.7. The van der Waals surface area contributed by atoms with Gasteiger partial charge in [0.2, 0.25) is 0 Å². The van der Waals surface area contributed by atoms with Gasteiger partial charge in [-0.05, 0) is 35.6 Å². The van der Waals surface area contributed by atoms with Gasteiger partial charge in [-0.15, -0.1) is 0 Å². The molecule has 1 nitrogen and oxygen atoms in total. The highest BCUT2D eigenvalue weighted by Crippen LogP contribution is 2.33. The zero-order valence-electron chi connectivity index (χ0n) is 9.80. The predicted molar refractivity (Wildman–Crippen MR) is 64.0 cm³/mol. The number of halogens is 4. The van der Waals surface area contributed by atoms with E-state index < -0.39 is 23.7 Å². The number of thioether (sulfide) groups is 1. The van der Waals surface area contributed by atoms with Crippen LogP contribution in [-0.2, 0) is 6.18 Å². The van der Waals surface area contributed by atoms with Gasteiger partial charge >= 0.3 is 6.18 Å². The fraction of sp³-hybridized carbons (Fsp3) is 0.500. The molecule has 0 aliphatic heterocycles. The summed E-state index contributed by atoms with van der Waals surface area (Å²) in [6.07, 6.45) is -5.38. The van der Waals surface area contributed by atoms with Crippen LogP contribution in [0.4, 0.5) is 17.6 Å². The Morgan fingerprint density at radius 2 is 2.00 bits per heavy atom. The third kappa shape index (κ3) is 4.17. The quantitative estimate of drug-likeness (QED) is 0.650. The molecule has 0 fully saturated rings. The molecule has 0 aliphatic rings. The predicted octanol–water partition coefficient (Wildman–Crippen LogP) is 4.02. The van der Waals surface area contributed by atoms with Crippen molar-refractivity contribution in [3.05, 3.63) is 35.1 Å². The summed E-state index contributed by atoms with van der Waals surface area (Å²) in [7, 11) is 0. The SMILES string of the molecule is CCSCCC(O)c1ccc(F)c(C(F)(F)F)c1. The maximum absolute atomic E-state index is 13.0. The standard InChI is InChI=1S/C12H14F4OS/c1-2-18-6-5-11(17)8-3-4-10(13)9(7-8)12(14,15)16/h3-4,7,11,17H,2,5-6H2,1H3. The van der Waals surface area contributed by atoms with Gasteiger partial charge in [-0.1, -0.05) is 13.0 Å². The molecule has 0 saturated carbocycles. The number of alkyl halides is 3. The van der Waals surface area contributed by atoms with Crippen LogP contribution in [0.5, 0.6) is 0 Å². The molecule has 1 N–H and O–H groups in total. The molecule has 1 aromatic carbocycles. The molecule has 0 saturated heterocycles. The summed E-state index contributed by atoms with van der Waals surface area (Å²) in [4.78, 5) is 0. The van der Waals surface area contributed by atoms with Crippen LogP contribution in [0.2, 0.25) is 0 Å². The average Bonchev–Trinajstić information content (AvgIpc) is 2.28. The molecule has 0 bridgehead atoms. The number of benzene rings is 1. The van der Waals surface area contributed by atoms with Crippen molar-refractivity contribution >= 4 is 11.8 Å². The number of hydrogen-bond donors (Lipinski definition) is 1. The lowest BCUT2D eigenvalue weighted by Crippen LogP contribution is -2.10. The van der Waals surface area contributed by atoms with E-state index in [1.807, 2.05) is 6.92 Å². The number of rotatable bonds is 5. The molecule has 1 rings (SSSR count). The molecular weight excluding hydrogens is 268 g/mol. The topological polar surface area (TPSA) is 20.2 Å². The maximum Gasteiger partial charge on any atom is 0.419 e. The van der Waals surface area contributed by atoms with Crippen LogP contribution in [-0.4, -0.2) is 16.6 Å². The smallest absolute Gasteiger partial charge is 0.388 e. The van der Waals surface area contributed by atoms with Gasteiger partial charge in [-0.3, -0.25) is 0 Å². The molecule has 0 amide bonds. The Kier molecular flexibility index (Phi) is 5.47. The first-order valence-electron chi connectivity index (χ1n) is 5.48. The fourth-order valence-electron chi connectivity index (χ4n) is 1.47. The van der Waals surface area contributed by atoms with E-state index in [9.17, 15) is 22.7 Å². The van der Waals surface area contributed by atoms with E-state index in [0.717, 1.165) is 11.8 Å².